The summed E-state index contributed by atoms with van der Waals surface area (Å²) in [5.74, 6) is 1.11. The van der Waals surface area contributed by atoms with Crippen LogP contribution in [0.5, 0.6) is 5.75 Å². The number of nitrogens with one attached hydrogen (secondary N) is 1. The van der Waals surface area contributed by atoms with Crippen LogP contribution in [0.4, 0.5) is 10.5 Å². The number of carbonyl (C=O) groups is 1. The lowest BCUT2D eigenvalue weighted by Crippen LogP contribution is -2.40. The van der Waals surface area contributed by atoms with E-state index >= 15 is 0 Å². The van der Waals surface area contributed by atoms with Gasteiger partial charge in [0.15, 0.2) is 0 Å². The van der Waals surface area contributed by atoms with Crippen LogP contribution >= 0.6 is 27.5 Å². The van der Waals surface area contributed by atoms with Gasteiger partial charge in [-0.05, 0) is 74.0 Å². The maximum Gasteiger partial charge on any atom is 0.322 e. The molecule has 198 valence electrons. The monoisotopic (exact) mass is 596 g/mol. The second-order valence-corrected chi connectivity index (χ2v) is 10.3. The minimum absolute atomic E-state index is 0.236. The number of hydrogen-bond acceptors (Lipinski definition) is 4. The number of nitrogens with zero attached hydrogens (tertiary/aromatic N) is 3. The molecule has 1 heterocycles. The Hall–Kier alpha value is -3.36. The Labute approximate surface area is 235 Å². The van der Waals surface area contributed by atoms with E-state index in [1.165, 1.54) is 0 Å². The molecule has 3 aromatic carbocycles. The number of methoxy groups -OCH3 is 1. The lowest BCUT2D eigenvalue weighted by atomic mass is 10.1. The number of aromatic nitrogens is 2. The van der Waals surface area contributed by atoms with Gasteiger partial charge in [-0.15, -0.1) is 0 Å². The van der Waals surface area contributed by atoms with Crippen LogP contribution in [-0.2, 0) is 0 Å². The van der Waals surface area contributed by atoms with Gasteiger partial charge in [0.2, 0.25) is 0 Å². The quantitative estimate of drug-likeness (QED) is 0.202. The molecule has 1 aromatic heterocycles. The summed E-state index contributed by atoms with van der Waals surface area (Å²) in [5.41, 5.74) is 1.54. The van der Waals surface area contributed by atoms with Crippen LogP contribution in [-0.4, -0.2) is 34.1 Å². The highest BCUT2D eigenvalue weighted by molar-refractivity contribution is 9.10. The number of urea groups is 1. The van der Waals surface area contributed by atoms with E-state index in [9.17, 15) is 9.59 Å². The van der Waals surface area contributed by atoms with Crippen molar-refractivity contribution in [2.24, 2.45) is 0 Å². The summed E-state index contributed by atoms with van der Waals surface area (Å²) in [7, 11) is 1.59. The molecule has 4 rings (SSSR count). The average Bonchev–Trinajstić information content (AvgIpc) is 2.90. The van der Waals surface area contributed by atoms with Gasteiger partial charge in [-0.1, -0.05) is 53.4 Å². The van der Waals surface area contributed by atoms with E-state index in [4.69, 9.17) is 21.3 Å². The largest absolute Gasteiger partial charge is 0.497 e. The minimum Gasteiger partial charge on any atom is -0.497 e. The topological polar surface area (TPSA) is 76.5 Å². The zero-order valence-electron chi connectivity index (χ0n) is 21.6. The molecule has 0 radical (unpaired) electrons. The highest BCUT2D eigenvalue weighted by Gasteiger charge is 2.27. The van der Waals surface area contributed by atoms with Crippen molar-refractivity contribution in [1.29, 1.82) is 0 Å². The highest BCUT2D eigenvalue weighted by Crippen LogP contribution is 2.26. The smallest absolute Gasteiger partial charge is 0.322 e. The lowest BCUT2D eigenvalue weighted by molar-refractivity contribution is 0.187. The second kappa shape index (κ2) is 12.5. The number of ether oxygens (including phenoxy) is 1. The van der Waals surface area contributed by atoms with Crippen molar-refractivity contribution in [1.82, 2.24) is 14.5 Å². The van der Waals surface area contributed by atoms with Crippen LogP contribution in [0.2, 0.25) is 5.02 Å². The Morgan fingerprint density at radius 1 is 1.13 bits per heavy atom. The zero-order chi connectivity index (χ0) is 27.2. The predicted molar refractivity (Wildman–Crippen MR) is 157 cm³/mol. The van der Waals surface area contributed by atoms with Crippen molar-refractivity contribution < 1.29 is 9.53 Å². The van der Waals surface area contributed by atoms with Crippen LogP contribution < -0.4 is 15.6 Å². The first-order valence-corrected chi connectivity index (χ1v) is 13.7. The Morgan fingerprint density at radius 2 is 1.89 bits per heavy atom. The van der Waals surface area contributed by atoms with Gasteiger partial charge in [-0.25, -0.2) is 9.78 Å². The SMILES string of the molecule is CCCCCN(C(=O)Nc1cccc(Br)c1)C(C)c1nc2cc(Cl)ccc2c(=O)n1-c1ccc(OC)cc1. The Bertz CT molecular complexity index is 1490. The van der Waals surface area contributed by atoms with Crippen LogP contribution in [0.1, 0.15) is 45.0 Å². The van der Waals surface area contributed by atoms with E-state index in [1.54, 1.807) is 46.9 Å². The number of halogens is 2. The molecular formula is C29H30BrClN4O3. The Morgan fingerprint density at radius 3 is 2.58 bits per heavy atom. The molecular weight excluding hydrogens is 568 g/mol. The number of unbranched alkanes of at least 4 members (excludes halogenated alkanes) is 2. The van der Waals surface area contributed by atoms with Crippen LogP contribution in [0, 0.1) is 0 Å². The standard InChI is InChI=1S/C29H30BrClN4O3/c1-4-5-6-16-34(29(37)32-22-9-7-8-20(30)17-22)19(2)27-33-26-18-21(31)10-15-25(26)28(36)35(27)23-11-13-24(38-3)14-12-23/h7-15,17-19H,4-6,16H2,1-3H3,(H,32,37). The molecule has 0 aliphatic heterocycles. The molecule has 2 amide bonds. The summed E-state index contributed by atoms with van der Waals surface area (Å²) in [6.45, 7) is 4.51. The van der Waals surface area contributed by atoms with Crippen molar-refractivity contribution in [3.05, 3.63) is 92.4 Å². The molecule has 1 atom stereocenters. The summed E-state index contributed by atoms with van der Waals surface area (Å²) in [6.07, 6.45) is 2.80. The minimum atomic E-state index is -0.530. The average molecular weight is 598 g/mol. The van der Waals surface area contributed by atoms with Gasteiger partial charge < -0.3 is 15.0 Å². The third-order valence-electron chi connectivity index (χ3n) is 6.37. The molecule has 38 heavy (non-hydrogen) atoms. The van der Waals surface area contributed by atoms with Crippen molar-refractivity contribution in [2.75, 3.05) is 19.0 Å². The molecule has 0 saturated heterocycles. The second-order valence-electron chi connectivity index (χ2n) is 8.99. The number of carbonyl (C=O) groups excluding carboxylic acids is 1. The third-order valence-corrected chi connectivity index (χ3v) is 7.10. The fraction of sp³-hybridized carbons (Fsp3) is 0.276. The van der Waals surface area contributed by atoms with E-state index < -0.39 is 6.04 Å². The summed E-state index contributed by atoms with van der Waals surface area (Å²) in [4.78, 5) is 34.1. The normalized spacial score (nSPS) is 11.8. The van der Waals surface area contributed by atoms with Gasteiger partial charge in [0.1, 0.15) is 11.6 Å². The van der Waals surface area contributed by atoms with Gasteiger partial charge in [-0.2, -0.15) is 0 Å². The van der Waals surface area contributed by atoms with Crippen molar-refractivity contribution in [2.45, 2.75) is 39.2 Å². The third kappa shape index (κ3) is 6.19. The number of benzene rings is 3. The van der Waals surface area contributed by atoms with Crippen molar-refractivity contribution >= 4 is 50.2 Å². The van der Waals surface area contributed by atoms with E-state index in [0.717, 1.165) is 23.7 Å². The molecule has 0 spiro atoms. The molecule has 1 N–H and O–H groups in total. The first-order chi connectivity index (χ1) is 18.3. The number of hydrogen-bond donors (Lipinski definition) is 1. The molecule has 9 heteroatoms. The fourth-order valence-corrected chi connectivity index (χ4v) is 4.91. The van der Waals surface area contributed by atoms with E-state index in [-0.39, 0.29) is 11.6 Å². The van der Waals surface area contributed by atoms with Crippen LogP contribution in [0.3, 0.4) is 0 Å². The molecule has 0 saturated carbocycles. The maximum absolute atomic E-state index is 13.8. The summed E-state index contributed by atoms with van der Waals surface area (Å²) < 4.78 is 7.74. The van der Waals surface area contributed by atoms with Gasteiger partial charge in [0.25, 0.3) is 5.56 Å². The molecule has 0 fully saturated rings. The first kappa shape index (κ1) is 27.7. The zero-order valence-corrected chi connectivity index (χ0v) is 23.9. The van der Waals surface area contributed by atoms with E-state index in [0.29, 0.717) is 45.4 Å². The number of amides is 2. The maximum atomic E-state index is 13.8. The van der Waals surface area contributed by atoms with E-state index in [2.05, 4.69) is 28.2 Å². The fourth-order valence-electron chi connectivity index (χ4n) is 4.34. The summed E-state index contributed by atoms with van der Waals surface area (Å²) in [5, 5.41) is 3.93. The van der Waals surface area contributed by atoms with E-state index in [1.807, 2.05) is 43.3 Å². The van der Waals surface area contributed by atoms with Gasteiger partial charge in [-0.3, -0.25) is 9.36 Å². The molecule has 7 nitrogen and oxygen atoms in total. The Kier molecular flexibility index (Phi) is 9.07. The number of fused-ring (bicyclic) bond motifs is 1. The first-order valence-electron chi connectivity index (χ1n) is 12.5. The predicted octanol–water partition coefficient (Wildman–Crippen LogP) is 7.60. The van der Waals surface area contributed by atoms with Gasteiger partial charge in [0, 0.05) is 21.7 Å². The molecule has 0 aliphatic rings. The molecule has 0 bridgehead atoms. The van der Waals surface area contributed by atoms with Crippen molar-refractivity contribution in [3.8, 4) is 11.4 Å². The van der Waals surface area contributed by atoms with Crippen LogP contribution in [0.25, 0.3) is 16.6 Å². The molecule has 4 aromatic rings. The highest BCUT2D eigenvalue weighted by atomic mass is 79.9. The Balaban J connectivity index is 1.83. The van der Waals surface area contributed by atoms with Crippen molar-refractivity contribution in [3.63, 3.8) is 0 Å². The number of rotatable bonds is 9. The number of anilines is 1. The molecule has 0 aliphatic carbocycles. The van der Waals surface area contributed by atoms with Crippen LogP contribution in [0.15, 0.2) is 76.0 Å². The van der Waals surface area contributed by atoms with Gasteiger partial charge >= 0.3 is 6.03 Å². The molecule has 1 unspecified atom stereocenters. The van der Waals surface area contributed by atoms with Gasteiger partial charge in [0.05, 0.1) is 29.7 Å². The lowest BCUT2D eigenvalue weighted by Gasteiger charge is -2.31. The summed E-state index contributed by atoms with van der Waals surface area (Å²) >= 11 is 9.71. The summed E-state index contributed by atoms with van der Waals surface area (Å²) in [6, 6.07) is 18.9.